The van der Waals surface area contributed by atoms with E-state index in [1.165, 1.54) is 18.9 Å². The molecule has 33 heavy (non-hydrogen) atoms. The fourth-order valence-electron chi connectivity index (χ4n) is 3.11. The zero-order valence-electron chi connectivity index (χ0n) is 18.4. The first-order valence-corrected chi connectivity index (χ1v) is 11.9. The summed E-state index contributed by atoms with van der Waals surface area (Å²) in [7, 11) is 1.53. The van der Waals surface area contributed by atoms with Gasteiger partial charge in [-0.15, -0.1) is 11.8 Å². The van der Waals surface area contributed by atoms with Crippen LogP contribution < -0.4 is 15.4 Å². The molecule has 3 aromatic rings. The quantitative estimate of drug-likeness (QED) is 0.323. The Labute approximate surface area is 207 Å². The van der Waals surface area contributed by atoms with Crippen molar-refractivity contribution in [3.8, 4) is 5.75 Å². The third-order valence-corrected chi connectivity index (χ3v) is 6.86. The van der Waals surface area contributed by atoms with Crippen molar-refractivity contribution in [2.24, 2.45) is 0 Å². The van der Waals surface area contributed by atoms with Crippen LogP contribution in [0.3, 0.4) is 0 Å². The lowest BCUT2D eigenvalue weighted by molar-refractivity contribution is -0.115. The number of nitrogens with one attached hydrogen (secondary N) is 2. The molecule has 1 unspecified atom stereocenters. The van der Waals surface area contributed by atoms with Gasteiger partial charge in [0.1, 0.15) is 5.75 Å². The first-order chi connectivity index (χ1) is 15.8. The second-order valence-electron chi connectivity index (χ2n) is 7.30. The smallest absolute Gasteiger partial charge is 0.255 e. The van der Waals surface area contributed by atoms with Crippen molar-refractivity contribution >= 4 is 58.2 Å². The molecule has 0 saturated carbocycles. The van der Waals surface area contributed by atoms with Gasteiger partial charge in [0.15, 0.2) is 0 Å². The Morgan fingerprint density at radius 3 is 2.48 bits per heavy atom. The van der Waals surface area contributed by atoms with E-state index in [-0.39, 0.29) is 17.1 Å². The first kappa shape index (κ1) is 25.0. The van der Waals surface area contributed by atoms with Crippen LogP contribution in [0.2, 0.25) is 10.0 Å². The van der Waals surface area contributed by atoms with Gasteiger partial charge in [0.05, 0.1) is 18.0 Å². The van der Waals surface area contributed by atoms with Gasteiger partial charge in [0.2, 0.25) is 5.91 Å². The molecule has 2 N–H and O–H groups in total. The molecule has 0 aliphatic heterocycles. The molecule has 3 aromatic carbocycles. The molecule has 0 heterocycles. The standard InChI is InChI=1S/C25H24Cl2N2O3S/c1-4-23(25(31)29-21-11-15(2)20(27)14-22(21)32-3)33-19-10-6-9-18(13-19)28-24(30)16-7-5-8-17(26)12-16/h5-14,23H,4H2,1-3H3,(H,28,30)(H,29,31). The summed E-state index contributed by atoms with van der Waals surface area (Å²) in [5, 5.41) is 6.55. The van der Waals surface area contributed by atoms with E-state index in [9.17, 15) is 9.59 Å². The number of aryl methyl sites for hydroxylation is 1. The van der Waals surface area contributed by atoms with Crippen molar-refractivity contribution in [1.82, 2.24) is 0 Å². The molecular formula is C25H24Cl2N2O3S. The maximum atomic E-state index is 13.0. The third kappa shape index (κ3) is 6.67. The number of benzene rings is 3. The number of anilines is 2. The molecule has 172 valence electrons. The molecule has 0 radical (unpaired) electrons. The van der Waals surface area contributed by atoms with Gasteiger partial charge >= 0.3 is 0 Å². The number of hydrogen-bond donors (Lipinski definition) is 2. The fraction of sp³-hybridized carbons (Fsp3) is 0.200. The Kier molecular flexibility index (Phi) is 8.67. The zero-order chi connectivity index (χ0) is 24.0. The van der Waals surface area contributed by atoms with Crippen LogP contribution >= 0.6 is 35.0 Å². The molecule has 8 heteroatoms. The van der Waals surface area contributed by atoms with E-state index in [0.717, 1.165) is 10.5 Å². The average Bonchev–Trinajstić information content (AvgIpc) is 2.79. The van der Waals surface area contributed by atoms with Crippen molar-refractivity contribution < 1.29 is 14.3 Å². The highest BCUT2D eigenvalue weighted by atomic mass is 35.5. The zero-order valence-corrected chi connectivity index (χ0v) is 20.8. The Morgan fingerprint density at radius 2 is 1.79 bits per heavy atom. The molecule has 0 fully saturated rings. The summed E-state index contributed by atoms with van der Waals surface area (Å²) in [4.78, 5) is 26.4. The van der Waals surface area contributed by atoms with E-state index in [4.69, 9.17) is 27.9 Å². The third-order valence-electron chi connectivity index (χ3n) is 4.86. The lowest BCUT2D eigenvalue weighted by Crippen LogP contribution is -2.24. The number of rotatable bonds is 8. The van der Waals surface area contributed by atoms with Gasteiger partial charge in [-0.25, -0.2) is 0 Å². The largest absolute Gasteiger partial charge is 0.495 e. The highest BCUT2D eigenvalue weighted by Gasteiger charge is 2.20. The SMILES string of the molecule is CCC(Sc1cccc(NC(=O)c2cccc(Cl)c2)c1)C(=O)Nc1cc(C)c(Cl)cc1OC. The van der Waals surface area contributed by atoms with Crippen LogP contribution in [0, 0.1) is 6.92 Å². The average molecular weight is 503 g/mol. The summed E-state index contributed by atoms with van der Waals surface area (Å²) in [5.74, 6) is 0.107. The number of amides is 2. The molecule has 1 atom stereocenters. The minimum atomic E-state index is -0.343. The van der Waals surface area contributed by atoms with Crippen LogP contribution in [0.1, 0.15) is 29.3 Å². The van der Waals surface area contributed by atoms with Crippen LogP contribution in [0.5, 0.6) is 5.75 Å². The Balaban J connectivity index is 1.71. The Hall–Kier alpha value is -2.67. The van der Waals surface area contributed by atoms with Gasteiger partial charge < -0.3 is 15.4 Å². The normalized spacial score (nSPS) is 11.5. The minimum absolute atomic E-state index is 0.143. The lowest BCUT2D eigenvalue weighted by Gasteiger charge is -2.17. The summed E-state index contributed by atoms with van der Waals surface area (Å²) in [6.45, 7) is 3.82. The Morgan fingerprint density at radius 1 is 1.03 bits per heavy atom. The number of methoxy groups -OCH3 is 1. The molecule has 0 spiro atoms. The fourth-order valence-corrected chi connectivity index (χ4v) is 4.47. The number of ether oxygens (including phenoxy) is 1. The number of carbonyl (C=O) groups excluding carboxylic acids is 2. The van der Waals surface area contributed by atoms with E-state index >= 15 is 0 Å². The maximum Gasteiger partial charge on any atom is 0.255 e. The molecule has 2 amide bonds. The summed E-state index contributed by atoms with van der Waals surface area (Å²) in [5.41, 5.74) is 2.52. The monoisotopic (exact) mass is 502 g/mol. The molecule has 0 saturated heterocycles. The second kappa shape index (κ2) is 11.5. The van der Waals surface area contributed by atoms with Crippen molar-refractivity contribution in [3.63, 3.8) is 0 Å². The van der Waals surface area contributed by atoms with E-state index in [0.29, 0.717) is 39.2 Å². The van der Waals surface area contributed by atoms with Gasteiger partial charge in [-0.1, -0.05) is 42.3 Å². The minimum Gasteiger partial charge on any atom is -0.495 e. The summed E-state index contributed by atoms with van der Waals surface area (Å²) in [6, 6.07) is 17.6. The van der Waals surface area contributed by atoms with E-state index in [1.807, 2.05) is 32.0 Å². The van der Waals surface area contributed by atoms with E-state index < -0.39 is 0 Å². The van der Waals surface area contributed by atoms with Crippen molar-refractivity contribution in [2.45, 2.75) is 30.4 Å². The maximum absolute atomic E-state index is 13.0. The van der Waals surface area contributed by atoms with Crippen molar-refractivity contribution in [2.75, 3.05) is 17.7 Å². The highest BCUT2D eigenvalue weighted by Crippen LogP contribution is 2.33. The van der Waals surface area contributed by atoms with E-state index in [2.05, 4.69) is 10.6 Å². The predicted octanol–water partition coefficient (Wildman–Crippen LogP) is 7.07. The van der Waals surface area contributed by atoms with Gasteiger partial charge in [-0.05, 0) is 61.4 Å². The number of halogens is 2. The molecule has 0 bridgehead atoms. The van der Waals surface area contributed by atoms with Crippen LogP contribution in [0.15, 0.2) is 65.6 Å². The number of thioether (sulfide) groups is 1. The van der Waals surface area contributed by atoms with Gasteiger partial charge in [-0.3, -0.25) is 9.59 Å². The summed E-state index contributed by atoms with van der Waals surface area (Å²) >= 11 is 13.6. The van der Waals surface area contributed by atoms with Crippen LogP contribution in [0.25, 0.3) is 0 Å². The molecule has 3 rings (SSSR count). The second-order valence-corrected chi connectivity index (χ2v) is 9.42. The molecular weight excluding hydrogens is 479 g/mol. The summed E-state index contributed by atoms with van der Waals surface area (Å²) in [6.07, 6.45) is 0.616. The number of hydrogen-bond acceptors (Lipinski definition) is 4. The molecule has 0 aromatic heterocycles. The first-order valence-electron chi connectivity index (χ1n) is 10.3. The highest BCUT2D eigenvalue weighted by molar-refractivity contribution is 8.00. The Bertz CT molecular complexity index is 1170. The topological polar surface area (TPSA) is 67.4 Å². The van der Waals surface area contributed by atoms with Crippen LogP contribution in [0.4, 0.5) is 11.4 Å². The van der Waals surface area contributed by atoms with E-state index in [1.54, 1.807) is 42.5 Å². The van der Waals surface area contributed by atoms with Gasteiger partial charge in [0.25, 0.3) is 5.91 Å². The number of carbonyl (C=O) groups is 2. The van der Waals surface area contributed by atoms with Gasteiger partial charge in [0, 0.05) is 32.3 Å². The van der Waals surface area contributed by atoms with Gasteiger partial charge in [-0.2, -0.15) is 0 Å². The van der Waals surface area contributed by atoms with Crippen molar-refractivity contribution in [1.29, 1.82) is 0 Å². The van der Waals surface area contributed by atoms with Crippen LogP contribution in [-0.2, 0) is 4.79 Å². The molecule has 5 nitrogen and oxygen atoms in total. The predicted molar refractivity (Wildman–Crippen MR) is 137 cm³/mol. The van der Waals surface area contributed by atoms with Crippen LogP contribution in [-0.4, -0.2) is 24.2 Å². The molecule has 0 aliphatic carbocycles. The summed E-state index contributed by atoms with van der Waals surface area (Å²) < 4.78 is 5.36. The van der Waals surface area contributed by atoms with Crippen molar-refractivity contribution in [3.05, 3.63) is 81.8 Å². The molecule has 0 aliphatic rings. The lowest BCUT2D eigenvalue weighted by atomic mass is 10.2.